The van der Waals surface area contributed by atoms with Gasteiger partial charge in [-0.2, -0.15) is 0 Å². The topological polar surface area (TPSA) is 21.6 Å². The first-order chi connectivity index (χ1) is 9.75. The first-order valence-corrected chi connectivity index (χ1v) is 7.07. The standard InChI is InChI=1S/C18H19NO/c1-13-12-20-17-10-6-9-16(18(13)17)14(2)19-11-15-7-4-3-5-8-15/h3-10,13H,11-12H2,1-2H3/t13-/m0/s1. The summed E-state index contributed by atoms with van der Waals surface area (Å²) in [5.41, 5.74) is 4.86. The smallest absolute Gasteiger partial charge is 0.123 e. The molecule has 2 heteroatoms. The second kappa shape index (κ2) is 5.49. The largest absolute Gasteiger partial charge is 0.493 e. The third-order valence-corrected chi connectivity index (χ3v) is 3.78. The molecule has 2 aromatic rings. The molecule has 0 aromatic heterocycles. The van der Waals surface area contributed by atoms with Gasteiger partial charge in [0.05, 0.1) is 13.2 Å². The van der Waals surface area contributed by atoms with Crippen LogP contribution in [0.1, 0.15) is 36.5 Å². The maximum atomic E-state index is 5.71. The SMILES string of the molecule is CC(=NCc1ccccc1)c1cccc2c1[C@@H](C)CO2. The fourth-order valence-corrected chi connectivity index (χ4v) is 2.67. The van der Waals surface area contributed by atoms with E-state index in [1.54, 1.807) is 0 Å². The Kier molecular flexibility index (Phi) is 3.55. The van der Waals surface area contributed by atoms with Crippen molar-refractivity contribution in [2.24, 2.45) is 4.99 Å². The van der Waals surface area contributed by atoms with Crippen LogP contribution in [0.3, 0.4) is 0 Å². The Morgan fingerprint density at radius 2 is 1.95 bits per heavy atom. The summed E-state index contributed by atoms with van der Waals surface area (Å²) in [6.45, 7) is 5.80. The van der Waals surface area contributed by atoms with Gasteiger partial charge in [-0.3, -0.25) is 4.99 Å². The monoisotopic (exact) mass is 265 g/mol. The van der Waals surface area contributed by atoms with Gasteiger partial charge in [0.1, 0.15) is 5.75 Å². The number of benzene rings is 2. The predicted octanol–water partition coefficient (Wildman–Crippen LogP) is 4.19. The second-order valence-corrected chi connectivity index (χ2v) is 5.32. The van der Waals surface area contributed by atoms with E-state index >= 15 is 0 Å². The molecule has 0 N–H and O–H groups in total. The second-order valence-electron chi connectivity index (χ2n) is 5.32. The molecule has 2 nitrogen and oxygen atoms in total. The van der Waals surface area contributed by atoms with Crippen LogP contribution in [-0.2, 0) is 6.54 Å². The average Bonchev–Trinajstić information content (AvgIpc) is 2.87. The fourth-order valence-electron chi connectivity index (χ4n) is 2.67. The molecule has 102 valence electrons. The van der Waals surface area contributed by atoms with E-state index in [1.807, 2.05) is 18.2 Å². The van der Waals surface area contributed by atoms with Crippen molar-refractivity contribution in [1.82, 2.24) is 0 Å². The summed E-state index contributed by atoms with van der Waals surface area (Å²) in [7, 11) is 0. The predicted molar refractivity (Wildman–Crippen MR) is 82.7 cm³/mol. The summed E-state index contributed by atoms with van der Waals surface area (Å²) in [5.74, 6) is 1.47. The van der Waals surface area contributed by atoms with E-state index in [0.717, 1.165) is 24.6 Å². The lowest BCUT2D eigenvalue weighted by Crippen LogP contribution is -2.03. The molecule has 3 rings (SSSR count). The Morgan fingerprint density at radius 1 is 1.15 bits per heavy atom. The van der Waals surface area contributed by atoms with E-state index in [-0.39, 0.29) is 0 Å². The average molecular weight is 265 g/mol. The molecule has 2 aromatic carbocycles. The summed E-state index contributed by atoms with van der Waals surface area (Å²) in [6, 6.07) is 16.6. The van der Waals surface area contributed by atoms with Gasteiger partial charge < -0.3 is 4.74 Å². The highest BCUT2D eigenvalue weighted by Gasteiger charge is 2.23. The Labute approximate surface area is 120 Å². The van der Waals surface area contributed by atoms with E-state index in [2.05, 4.69) is 44.2 Å². The molecule has 0 fully saturated rings. The minimum absolute atomic E-state index is 0.447. The van der Waals surface area contributed by atoms with Crippen molar-refractivity contribution in [2.75, 3.05) is 6.61 Å². The molecule has 0 bridgehead atoms. The van der Waals surface area contributed by atoms with Crippen molar-refractivity contribution in [1.29, 1.82) is 0 Å². The van der Waals surface area contributed by atoms with Gasteiger partial charge >= 0.3 is 0 Å². The highest BCUT2D eigenvalue weighted by Crippen LogP contribution is 2.36. The van der Waals surface area contributed by atoms with Crippen LogP contribution in [0, 0.1) is 0 Å². The first-order valence-electron chi connectivity index (χ1n) is 7.07. The Bertz CT molecular complexity index is 631. The van der Waals surface area contributed by atoms with Gasteiger partial charge in [-0.15, -0.1) is 0 Å². The summed E-state index contributed by atoms with van der Waals surface area (Å²) < 4.78 is 5.71. The number of hydrogen-bond donors (Lipinski definition) is 0. The van der Waals surface area contributed by atoms with Gasteiger partial charge in [0.2, 0.25) is 0 Å². The van der Waals surface area contributed by atoms with Crippen molar-refractivity contribution in [3.8, 4) is 5.75 Å². The molecular formula is C18H19NO. The Hall–Kier alpha value is -2.09. The van der Waals surface area contributed by atoms with E-state index in [4.69, 9.17) is 9.73 Å². The molecule has 20 heavy (non-hydrogen) atoms. The van der Waals surface area contributed by atoms with Crippen LogP contribution in [0.4, 0.5) is 0 Å². The summed E-state index contributed by atoms with van der Waals surface area (Å²) in [4.78, 5) is 4.74. The summed E-state index contributed by atoms with van der Waals surface area (Å²) >= 11 is 0. The third kappa shape index (κ3) is 2.46. The minimum atomic E-state index is 0.447. The molecule has 1 heterocycles. The van der Waals surface area contributed by atoms with Crippen molar-refractivity contribution in [3.05, 3.63) is 65.2 Å². The highest BCUT2D eigenvalue weighted by atomic mass is 16.5. The molecule has 0 radical (unpaired) electrons. The van der Waals surface area contributed by atoms with Crippen molar-refractivity contribution in [3.63, 3.8) is 0 Å². The molecular weight excluding hydrogens is 246 g/mol. The number of ether oxygens (including phenoxy) is 1. The van der Waals surface area contributed by atoms with Gasteiger partial charge in [0, 0.05) is 22.8 Å². The maximum Gasteiger partial charge on any atom is 0.123 e. The van der Waals surface area contributed by atoms with E-state index < -0.39 is 0 Å². The van der Waals surface area contributed by atoms with Crippen LogP contribution in [0.5, 0.6) is 5.75 Å². The quantitative estimate of drug-likeness (QED) is 0.762. The van der Waals surface area contributed by atoms with Crippen LogP contribution in [0.15, 0.2) is 53.5 Å². The lowest BCUT2D eigenvalue weighted by Gasteiger charge is -2.09. The fraction of sp³-hybridized carbons (Fsp3) is 0.278. The summed E-state index contributed by atoms with van der Waals surface area (Å²) in [6.07, 6.45) is 0. The van der Waals surface area contributed by atoms with Crippen molar-refractivity contribution < 1.29 is 4.74 Å². The molecule has 0 saturated heterocycles. The zero-order valence-corrected chi connectivity index (χ0v) is 12.0. The van der Waals surface area contributed by atoms with E-state index in [9.17, 15) is 0 Å². The van der Waals surface area contributed by atoms with Crippen LogP contribution < -0.4 is 4.74 Å². The van der Waals surface area contributed by atoms with Gasteiger partial charge in [0.25, 0.3) is 0 Å². The van der Waals surface area contributed by atoms with Crippen molar-refractivity contribution in [2.45, 2.75) is 26.3 Å². The molecule has 1 atom stereocenters. The Balaban J connectivity index is 1.88. The number of nitrogens with zero attached hydrogens (tertiary/aromatic N) is 1. The van der Waals surface area contributed by atoms with Gasteiger partial charge in [0.15, 0.2) is 0 Å². The zero-order chi connectivity index (χ0) is 13.9. The van der Waals surface area contributed by atoms with Crippen LogP contribution in [0.2, 0.25) is 0 Å². The normalized spacial score (nSPS) is 17.7. The van der Waals surface area contributed by atoms with Crippen LogP contribution >= 0.6 is 0 Å². The number of hydrogen-bond acceptors (Lipinski definition) is 2. The van der Waals surface area contributed by atoms with Crippen LogP contribution in [0.25, 0.3) is 0 Å². The first kappa shape index (κ1) is 12.9. The van der Waals surface area contributed by atoms with Crippen molar-refractivity contribution >= 4 is 5.71 Å². The van der Waals surface area contributed by atoms with Gasteiger partial charge in [-0.25, -0.2) is 0 Å². The molecule has 0 spiro atoms. The Morgan fingerprint density at radius 3 is 2.75 bits per heavy atom. The van der Waals surface area contributed by atoms with Crippen LogP contribution in [-0.4, -0.2) is 12.3 Å². The number of aliphatic imine (C=N–C) groups is 1. The molecule has 1 aliphatic heterocycles. The zero-order valence-electron chi connectivity index (χ0n) is 12.0. The van der Waals surface area contributed by atoms with Gasteiger partial charge in [-0.1, -0.05) is 49.4 Å². The summed E-state index contributed by atoms with van der Waals surface area (Å²) in [5, 5.41) is 0. The van der Waals surface area contributed by atoms with E-state index in [1.165, 1.54) is 16.7 Å². The number of rotatable bonds is 3. The molecule has 0 amide bonds. The molecule has 0 unspecified atom stereocenters. The lowest BCUT2D eigenvalue weighted by molar-refractivity contribution is 0.337. The maximum absolute atomic E-state index is 5.71. The minimum Gasteiger partial charge on any atom is -0.493 e. The molecule has 1 aliphatic rings. The van der Waals surface area contributed by atoms with Gasteiger partial charge in [-0.05, 0) is 18.6 Å². The number of fused-ring (bicyclic) bond motifs is 1. The molecule has 0 aliphatic carbocycles. The molecule has 0 saturated carbocycles. The lowest BCUT2D eigenvalue weighted by atomic mass is 9.95. The highest BCUT2D eigenvalue weighted by molar-refractivity contribution is 6.00. The van der Waals surface area contributed by atoms with E-state index in [0.29, 0.717) is 5.92 Å². The third-order valence-electron chi connectivity index (χ3n) is 3.78.